The van der Waals surface area contributed by atoms with Gasteiger partial charge in [0.1, 0.15) is 17.0 Å². The van der Waals surface area contributed by atoms with Gasteiger partial charge in [-0.2, -0.15) is 0 Å². The fourth-order valence-electron chi connectivity index (χ4n) is 7.85. The molecule has 0 fully saturated rings. The molecule has 4 heterocycles. The molecule has 0 aliphatic rings. The Morgan fingerprint density at radius 3 is 2.02 bits per heavy atom. The van der Waals surface area contributed by atoms with Crippen molar-refractivity contribution in [3.63, 3.8) is 0 Å². The summed E-state index contributed by atoms with van der Waals surface area (Å²) in [6, 6.07) is 60.5. The zero-order valence-corrected chi connectivity index (χ0v) is 28.2. The van der Waals surface area contributed by atoms with Gasteiger partial charge in [0.15, 0.2) is 0 Å². The van der Waals surface area contributed by atoms with Gasteiger partial charge in [0.2, 0.25) is 0 Å². The minimum atomic E-state index is 0.850. The van der Waals surface area contributed by atoms with E-state index < -0.39 is 0 Å². The number of hydrogen-bond acceptors (Lipinski definition) is 3. The van der Waals surface area contributed by atoms with Crippen molar-refractivity contribution in [1.29, 1.82) is 0 Å². The van der Waals surface area contributed by atoms with Crippen molar-refractivity contribution in [1.82, 2.24) is 9.55 Å². The molecule has 0 bridgehead atoms. The predicted molar refractivity (Wildman–Crippen MR) is 215 cm³/mol. The van der Waals surface area contributed by atoms with Gasteiger partial charge in [-0.1, -0.05) is 127 Å². The van der Waals surface area contributed by atoms with Gasteiger partial charge in [0.05, 0.1) is 16.7 Å². The van der Waals surface area contributed by atoms with Crippen molar-refractivity contribution in [2.45, 2.75) is 0 Å². The Bertz CT molecular complexity index is 3130. The second-order valence-electron chi connectivity index (χ2n) is 13.1. The smallest absolute Gasteiger partial charge is 0.144 e. The molecule has 0 aliphatic carbocycles. The van der Waals surface area contributed by atoms with Gasteiger partial charge in [-0.3, -0.25) is 4.57 Å². The van der Waals surface area contributed by atoms with Crippen LogP contribution < -0.4 is 0 Å². The summed E-state index contributed by atoms with van der Waals surface area (Å²) in [6.07, 6.45) is 0. The molecule has 0 unspecified atom stereocenters. The van der Waals surface area contributed by atoms with Crippen LogP contribution in [0.25, 0.3) is 103 Å². The average molecular weight is 669 g/mol. The highest BCUT2D eigenvalue weighted by molar-refractivity contribution is 7.26. The van der Waals surface area contributed by atoms with Gasteiger partial charge in [-0.15, -0.1) is 11.3 Å². The van der Waals surface area contributed by atoms with Gasteiger partial charge in [0, 0.05) is 47.3 Å². The lowest BCUT2D eigenvalue weighted by molar-refractivity contribution is 0.670. The third-order valence-electron chi connectivity index (χ3n) is 10.2. The van der Waals surface area contributed by atoms with Crippen LogP contribution in [0.4, 0.5) is 0 Å². The van der Waals surface area contributed by atoms with Crippen molar-refractivity contribution in [3.05, 3.63) is 170 Å². The first-order valence-corrected chi connectivity index (χ1v) is 18.0. The fraction of sp³-hybridized carbons (Fsp3) is 0. The van der Waals surface area contributed by atoms with Crippen LogP contribution in [-0.4, -0.2) is 9.55 Å². The summed E-state index contributed by atoms with van der Waals surface area (Å²) < 4.78 is 11.5. The molecular formula is C47H28N2OS. The van der Waals surface area contributed by atoms with Crippen LogP contribution in [-0.2, 0) is 0 Å². The summed E-state index contributed by atoms with van der Waals surface area (Å²) in [7, 11) is 0. The molecule has 4 heteroatoms. The van der Waals surface area contributed by atoms with E-state index in [4.69, 9.17) is 9.40 Å². The lowest BCUT2D eigenvalue weighted by Crippen LogP contribution is -2.00. The van der Waals surface area contributed by atoms with E-state index in [9.17, 15) is 0 Å². The molecule has 11 aromatic rings. The number of fused-ring (bicyclic) bond motifs is 10. The number of hydrogen-bond donors (Lipinski definition) is 0. The highest BCUT2D eigenvalue weighted by Crippen LogP contribution is 2.44. The third kappa shape index (κ3) is 4.33. The van der Waals surface area contributed by atoms with E-state index in [2.05, 4.69) is 162 Å². The quantitative estimate of drug-likeness (QED) is 0.187. The molecule has 0 radical (unpaired) electrons. The Labute approximate surface area is 297 Å². The van der Waals surface area contributed by atoms with E-state index in [0.29, 0.717) is 0 Å². The maximum atomic E-state index is 6.55. The van der Waals surface area contributed by atoms with Crippen LogP contribution in [0.2, 0.25) is 0 Å². The molecule has 11 rings (SSSR count). The maximum absolute atomic E-state index is 6.55. The van der Waals surface area contributed by atoms with Gasteiger partial charge < -0.3 is 4.42 Å². The summed E-state index contributed by atoms with van der Waals surface area (Å²) >= 11 is 1.87. The summed E-state index contributed by atoms with van der Waals surface area (Å²) in [5, 5.41) is 7.29. The summed E-state index contributed by atoms with van der Waals surface area (Å²) in [6.45, 7) is 0. The predicted octanol–water partition coefficient (Wildman–Crippen LogP) is 13.4. The lowest BCUT2D eigenvalue weighted by atomic mass is 9.99. The molecule has 0 spiro atoms. The van der Waals surface area contributed by atoms with E-state index >= 15 is 0 Å². The maximum Gasteiger partial charge on any atom is 0.144 e. The second-order valence-corrected chi connectivity index (χ2v) is 14.2. The monoisotopic (exact) mass is 668 g/mol. The van der Waals surface area contributed by atoms with Gasteiger partial charge in [-0.05, 0) is 64.7 Å². The van der Waals surface area contributed by atoms with Gasteiger partial charge in [0.25, 0.3) is 0 Å². The molecule has 0 saturated heterocycles. The van der Waals surface area contributed by atoms with Crippen molar-refractivity contribution >= 4 is 75.3 Å². The van der Waals surface area contributed by atoms with Crippen LogP contribution >= 0.6 is 11.3 Å². The van der Waals surface area contributed by atoms with E-state index in [1.165, 1.54) is 42.1 Å². The molecule has 7 aromatic carbocycles. The molecule has 0 atom stereocenters. The van der Waals surface area contributed by atoms with Crippen LogP contribution in [0.15, 0.2) is 174 Å². The zero-order valence-electron chi connectivity index (χ0n) is 27.4. The number of furan rings is 1. The molecule has 0 amide bonds. The number of nitrogens with zero attached hydrogens (tertiary/aromatic N) is 2. The van der Waals surface area contributed by atoms with E-state index in [-0.39, 0.29) is 0 Å². The number of para-hydroxylation sites is 3. The van der Waals surface area contributed by atoms with E-state index in [1.54, 1.807) is 0 Å². The molecule has 4 aromatic heterocycles. The van der Waals surface area contributed by atoms with Gasteiger partial charge >= 0.3 is 0 Å². The zero-order chi connectivity index (χ0) is 33.5. The van der Waals surface area contributed by atoms with Crippen LogP contribution in [0.5, 0.6) is 0 Å². The molecule has 238 valence electrons. The highest BCUT2D eigenvalue weighted by atomic mass is 32.1. The third-order valence-corrected chi connectivity index (χ3v) is 11.4. The summed E-state index contributed by atoms with van der Waals surface area (Å²) in [5.74, 6) is 0.870. The lowest BCUT2D eigenvalue weighted by Gasteiger charge is -2.13. The molecule has 51 heavy (non-hydrogen) atoms. The van der Waals surface area contributed by atoms with Crippen LogP contribution in [0.3, 0.4) is 0 Å². The van der Waals surface area contributed by atoms with Crippen LogP contribution in [0, 0.1) is 0 Å². The second kappa shape index (κ2) is 11.0. The normalized spacial score (nSPS) is 11.9. The molecule has 0 saturated carbocycles. The topological polar surface area (TPSA) is 31.0 Å². The van der Waals surface area contributed by atoms with Crippen molar-refractivity contribution < 1.29 is 4.42 Å². The standard InChI is InChI=1S/C47H28N2OS/c1-2-11-29(12-3-1)30-21-23-31(24-22-30)32-27-39(37-17-10-16-35-33-13-5-8-19-42(33)50-46(35)37)48-44(28-32)49-40-18-7-4-15-38(40)45-41(49)26-25-36-34-14-6-9-20-43(34)51-47(36)45/h1-28H. The average Bonchev–Trinajstić information content (AvgIpc) is 3.88. The van der Waals surface area contributed by atoms with E-state index in [1.807, 2.05) is 23.5 Å². The van der Waals surface area contributed by atoms with Crippen molar-refractivity contribution in [2.24, 2.45) is 0 Å². The Morgan fingerprint density at radius 2 is 1.16 bits per heavy atom. The Balaban J connectivity index is 1.20. The number of thiophene rings is 1. The molecular weight excluding hydrogens is 641 g/mol. The summed E-state index contributed by atoms with van der Waals surface area (Å²) in [5.41, 5.74) is 10.5. The largest absolute Gasteiger partial charge is 0.455 e. The Hall–Kier alpha value is -6.49. The molecule has 0 aliphatic heterocycles. The SMILES string of the molecule is c1ccc(-c2ccc(-c3cc(-c4cccc5c4oc4ccccc45)nc(-n4c5ccccc5c5c6sc7ccccc7c6ccc54)c3)cc2)cc1. The first kappa shape index (κ1) is 28.4. The Morgan fingerprint density at radius 1 is 0.471 bits per heavy atom. The summed E-state index contributed by atoms with van der Waals surface area (Å²) in [4.78, 5) is 5.49. The van der Waals surface area contributed by atoms with Crippen molar-refractivity contribution in [3.8, 4) is 39.3 Å². The molecule has 3 nitrogen and oxygen atoms in total. The fourth-order valence-corrected chi connectivity index (χ4v) is 9.11. The minimum Gasteiger partial charge on any atom is -0.455 e. The number of rotatable bonds is 4. The first-order valence-electron chi connectivity index (χ1n) is 17.2. The van der Waals surface area contributed by atoms with E-state index in [0.717, 1.165) is 61.2 Å². The van der Waals surface area contributed by atoms with Crippen LogP contribution in [0.1, 0.15) is 0 Å². The highest BCUT2D eigenvalue weighted by Gasteiger charge is 2.20. The Kier molecular flexibility index (Phi) is 6.12. The number of benzene rings is 7. The minimum absolute atomic E-state index is 0.850. The number of aromatic nitrogens is 2. The van der Waals surface area contributed by atoms with Crippen molar-refractivity contribution in [2.75, 3.05) is 0 Å². The first-order chi connectivity index (χ1) is 25.3. The van der Waals surface area contributed by atoms with Gasteiger partial charge in [-0.25, -0.2) is 4.98 Å². The number of pyridine rings is 1. The molecule has 0 N–H and O–H groups in total.